The molecule has 0 aromatic carbocycles. The minimum Gasteiger partial charge on any atom is -0.463 e. The molecule has 3 nitrogen and oxygen atoms in total. The normalized spacial score (nSPS) is 6.83. The Bertz CT molecular complexity index is 81.8. The summed E-state index contributed by atoms with van der Waals surface area (Å²) in [6.07, 6.45) is 0. The van der Waals surface area contributed by atoms with Crippen molar-refractivity contribution in [3.63, 3.8) is 0 Å². The standard InChI is InChI=1S/C6H12O3.3CH4/c1-3-8-4-5-9-6(2)7;;;/h3-5H2,1-2H3;3*1H4. The molecule has 0 amide bonds. The van der Waals surface area contributed by atoms with Gasteiger partial charge >= 0.3 is 5.97 Å². The van der Waals surface area contributed by atoms with Crippen LogP contribution in [0.4, 0.5) is 0 Å². The van der Waals surface area contributed by atoms with Gasteiger partial charge in [0, 0.05) is 13.5 Å². The zero-order valence-corrected chi connectivity index (χ0v) is 5.85. The van der Waals surface area contributed by atoms with Crippen molar-refractivity contribution in [1.29, 1.82) is 0 Å². The van der Waals surface area contributed by atoms with Gasteiger partial charge in [-0.15, -0.1) is 0 Å². The molecule has 0 bridgehead atoms. The number of esters is 1. The molecule has 0 heterocycles. The quantitative estimate of drug-likeness (QED) is 0.492. The summed E-state index contributed by atoms with van der Waals surface area (Å²) in [5, 5.41) is 0. The summed E-state index contributed by atoms with van der Waals surface area (Å²) < 4.78 is 9.49. The fourth-order valence-corrected chi connectivity index (χ4v) is 0.389. The topological polar surface area (TPSA) is 35.5 Å². The van der Waals surface area contributed by atoms with Crippen LogP contribution < -0.4 is 0 Å². The number of hydrogen-bond donors (Lipinski definition) is 0. The molecule has 0 radical (unpaired) electrons. The van der Waals surface area contributed by atoms with Crippen LogP contribution in [0.1, 0.15) is 36.1 Å². The van der Waals surface area contributed by atoms with Crippen molar-refractivity contribution in [2.75, 3.05) is 19.8 Å². The van der Waals surface area contributed by atoms with E-state index >= 15 is 0 Å². The van der Waals surface area contributed by atoms with Crippen molar-refractivity contribution in [3.8, 4) is 0 Å². The van der Waals surface area contributed by atoms with E-state index in [9.17, 15) is 4.79 Å². The zero-order valence-electron chi connectivity index (χ0n) is 5.85. The van der Waals surface area contributed by atoms with E-state index in [4.69, 9.17) is 4.74 Å². The molecule has 0 aromatic rings. The Hall–Kier alpha value is -0.570. The molecule has 12 heavy (non-hydrogen) atoms. The highest BCUT2D eigenvalue weighted by atomic mass is 16.6. The molecule has 0 atom stereocenters. The first kappa shape index (κ1) is 22.5. The molecular weight excluding hydrogens is 156 g/mol. The fourth-order valence-electron chi connectivity index (χ4n) is 0.389. The maximum absolute atomic E-state index is 10.1. The predicted octanol–water partition coefficient (Wildman–Crippen LogP) is 2.49. The van der Waals surface area contributed by atoms with Gasteiger partial charge in [0.15, 0.2) is 0 Å². The van der Waals surface area contributed by atoms with Gasteiger partial charge in [0.2, 0.25) is 0 Å². The minimum atomic E-state index is -0.255. The number of ether oxygens (including phenoxy) is 2. The van der Waals surface area contributed by atoms with E-state index in [0.29, 0.717) is 19.8 Å². The summed E-state index contributed by atoms with van der Waals surface area (Å²) >= 11 is 0. The molecule has 3 heteroatoms. The monoisotopic (exact) mass is 180 g/mol. The van der Waals surface area contributed by atoms with E-state index in [0.717, 1.165) is 0 Å². The highest BCUT2D eigenvalue weighted by Gasteiger charge is 1.89. The molecule has 0 aliphatic carbocycles. The van der Waals surface area contributed by atoms with E-state index < -0.39 is 0 Å². The molecule has 78 valence electrons. The lowest BCUT2D eigenvalue weighted by Crippen LogP contribution is -2.06. The summed E-state index contributed by atoms with van der Waals surface area (Å²) in [7, 11) is 0. The highest BCUT2D eigenvalue weighted by Crippen LogP contribution is 1.77. The van der Waals surface area contributed by atoms with Crippen LogP contribution in [0.15, 0.2) is 0 Å². The van der Waals surface area contributed by atoms with Gasteiger partial charge in [-0.25, -0.2) is 0 Å². The van der Waals surface area contributed by atoms with Gasteiger partial charge in [0.05, 0.1) is 6.61 Å². The predicted molar refractivity (Wildman–Crippen MR) is 53.3 cm³/mol. The maximum Gasteiger partial charge on any atom is 0.302 e. The lowest BCUT2D eigenvalue weighted by Gasteiger charge is -1.99. The molecule has 0 N–H and O–H groups in total. The molecule has 0 spiro atoms. The molecular formula is C9H24O3. The molecule has 0 saturated carbocycles. The third-order valence-electron chi connectivity index (χ3n) is 0.737. The van der Waals surface area contributed by atoms with Gasteiger partial charge in [-0.1, -0.05) is 22.3 Å². The second-order valence-electron chi connectivity index (χ2n) is 1.54. The van der Waals surface area contributed by atoms with Gasteiger partial charge in [0.25, 0.3) is 0 Å². The Morgan fingerprint density at radius 3 is 2.00 bits per heavy atom. The summed E-state index contributed by atoms with van der Waals surface area (Å²) in [6, 6.07) is 0. The zero-order chi connectivity index (χ0) is 7.11. The smallest absolute Gasteiger partial charge is 0.302 e. The summed E-state index contributed by atoms with van der Waals surface area (Å²) in [5.74, 6) is -0.255. The third-order valence-corrected chi connectivity index (χ3v) is 0.737. The number of hydrogen-bond acceptors (Lipinski definition) is 3. The third kappa shape index (κ3) is 22.7. The van der Waals surface area contributed by atoms with E-state index in [1.165, 1.54) is 6.92 Å². The minimum absolute atomic E-state index is 0. The van der Waals surface area contributed by atoms with Crippen molar-refractivity contribution in [1.82, 2.24) is 0 Å². The van der Waals surface area contributed by atoms with E-state index in [1.54, 1.807) is 0 Å². The van der Waals surface area contributed by atoms with E-state index in [1.807, 2.05) is 6.92 Å². The molecule has 0 aliphatic rings. The lowest BCUT2D eigenvalue weighted by molar-refractivity contribution is -0.142. The Morgan fingerprint density at radius 2 is 1.67 bits per heavy atom. The van der Waals surface area contributed by atoms with E-state index in [2.05, 4.69) is 4.74 Å². The van der Waals surface area contributed by atoms with Crippen LogP contribution in [0.3, 0.4) is 0 Å². The first-order chi connectivity index (χ1) is 4.27. The largest absolute Gasteiger partial charge is 0.463 e. The van der Waals surface area contributed by atoms with Crippen molar-refractivity contribution in [3.05, 3.63) is 0 Å². The summed E-state index contributed by atoms with van der Waals surface area (Å²) in [5.41, 5.74) is 0. The maximum atomic E-state index is 10.1. The Labute approximate surface area is 77.1 Å². The number of rotatable bonds is 4. The van der Waals surface area contributed by atoms with Crippen LogP contribution in [0.25, 0.3) is 0 Å². The molecule has 0 fully saturated rings. The van der Waals surface area contributed by atoms with Crippen molar-refractivity contribution >= 4 is 5.97 Å². The Balaban J connectivity index is -0.000000107. The van der Waals surface area contributed by atoms with Crippen LogP contribution in [0.5, 0.6) is 0 Å². The van der Waals surface area contributed by atoms with Crippen molar-refractivity contribution < 1.29 is 14.3 Å². The Morgan fingerprint density at radius 1 is 1.17 bits per heavy atom. The van der Waals surface area contributed by atoms with Crippen molar-refractivity contribution in [2.24, 2.45) is 0 Å². The van der Waals surface area contributed by atoms with Gasteiger partial charge < -0.3 is 9.47 Å². The van der Waals surface area contributed by atoms with Crippen LogP contribution >= 0.6 is 0 Å². The number of carbonyl (C=O) groups excluding carboxylic acids is 1. The van der Waals surface area contributed by atoms with E-state index in [-0.39, 0.29) is 28.2 Å². The summed E-state index contributed by atoms with van der Waals surface area (Å²) in [4.78, 5) is 10.1. The molecule has 0 rings (SSSR count). The molecule has 0 unspecified atom stereocenters. The summed E-state index contributed by atoms with van der Waals surface area (Å²) in [6.45, 7) is 4.81. The van der Waals surface area contributed by atoms with Crippen LogP contribution in [-0.2, 0) is 14.3 Å². The van der Waals surface area contributed by atoms with Gasteiger partial charge in [-0.2, -0.15) is 0 Å². The van der Waals surface area contributed by atoms with Gasteiger partial charge in [0.1, 0.15) is 6.61 Å². The van der Waals surface area contributed by atoms with Gasteiger partial charge in [-0.05, 0) is 6.92 Å². The second-order valence-corrected chi connectivity index (χ2v) is 1.54. The average Bonchev–Trinajstić information content (AvgIpc) is 1.80. The first-order valence-corrected chi connectivity index (χ1v) is 2.98. The highest BCUT2D eigenvalue weighted by molar-refractivity contribution is 5.65. The SMILES string of the molecule is C.C.C.CCOCCOC(C)=O. The fraction of sp³-hybridized carbons (Fsp3) is 0.889. The first-order valence-electron chi connectivity index (χ1n) is 2.98. The molecule has 0 aliphatic heterocycles. The van der Waals surface area contributed by atoms with Gasteiger partial charge in [-0.3, -0.25) is 4.79 Å². The molecule has 0 aromatic heterocycles. The Kier molecular flexibility index (Phi) is 31.5. The lowest BCUT2D eigenvalue weighted by atomic mass is 10.7. The molecule has 0 saturated heterocycles. The van der Waals surface area contributed by atoms with Crippen LogP contribution in [0.2, 0.25) is 0 Å². The average molecular weight is 180 g/mol. The van der Waals surface area contributed by atoms with Crippen LogP contribution in [-0.4, -0.2) is 25.8 Å². The number of carbonyl (C=O) groups is 1. The van der Waals surface area contributed by atoms with Crippen molar-refractivity contribution in [2.45, 2.75) is 36.1 Å². The second kappa shape index (κ2) is 16.8. The van der Waals surface area contributed by atoms with Crippen LogP contribution in [0, 0.1) is 0 Å².